The molecule has 0 saturated carbocycles. The van der Waals surface area contributed by atoms with Crippen LogP contribution in [-0.2, 0) is 6.42 Å². The minimum absolute atomic E-state index is 0.747. The van der Waals surface area contributed by atoms with E-state index < -0.39 is 0 Å². The summed E-state index contributed by atoms with van der Waals surface area (Å²) in [5.41, 5.74) is 2.20. The maximum absolute atomic E-state index is 6.06. The van der Waals surface area contributed by atoms with Crippen molar-refractivity contribution in [3.63, 3.8) is 0 Å². The highest BCUT2D eigenvalue weighted by Crippen LogP contribution is 2.27. The Kier molecular flexibility index (Phi) is 4.69. The lowest BCUT2D eigenvalue weighted by atomic mass is 10.1. The van der Waals surface area contributed by atoms with Crippen molar-refractivity contribution < 1.29 is 0 Å². The lowest BCUT2D eigenvalue weighted by Gasteiger charge is -1.99. The summed E-state index contributed by atoms with van der Waals surface area (Å²) in [4.78, 5) is 0. The van der Waals surface area contributed by atoms with E-state index in [0.29, 0.717) is 0 Å². The Morgan fingerprint density at radius 2 is 2.11 bits per heavy atom. The van der Waals surface area contributed by atoms with E-state index in [-0.39, 0.29) is 0 Å². The van der Waals surface area contributed by atoms with Gasteiger partial charge in [0, 0.05) is 17.0 Å². The summed E-state index contributed by atoms with van der Waals surface area (Å²) < 4.78 is 0. The molecule has 3 nitrogen and oxygen atoms in total. The van der Waals surface area contributed by atoms with E-state index in [4.69, 9.17) is 11.6 Å². The van der Waals surface area contributed by atoms with Gasteiger partial charge in [-0.15, -0.1) is 10.2 Å². The normalized spacial score (nSPS) is 10.8. The van der Waals surface area contributed by atoms with E-state index in [2.05, 4.69) is 21.6 Å². The molecule has 1 heterocycles. The van der Waals surface area contributed by atoms with Crippen LogP contribution in [0.3, 0.4) is 0 Å². The van der Waals surface area contributed by atoms with Gasteiger partial charge in [-0.2, -0.15) is 0 Å². The van der Waals surface area contributed by atoms with Gasteiger partial charge in [-0.05, 0) is 50.7 Å². The van der Waals surface area contributed by atoms with Crippen LogP contribution in [0.5, 0.6) is 0 Å². The van der Waals surface area contributed by atoms with E-state index in [1.54, 1.807) is 11.3 Å². The Morgan fingerprint density at radius 3 is 2.83 bits per heavy atom. The monoisotopic (exact) mass is 281 g/mol. The minimum Gasteiger partial charge on any atom is -0.320 e. The van der Waals surface area contributed by atoms with Crippen LogP contribution in [-0.4, -0.2) is 23.8 Å². The summed E-state index contributed by atoms with van der Waals surface area (Å²) in [7, 11) is 1.96. The third-order valence-electron chi connectivity index (χ3n) is 2.57. The number of halogens is 1. The minimum atomic E-state index is 0.747. The van der Waals surface area contributed by atoms with Crippen LogP contribution < -0.4 is 5.32 Å². The number of hydrogen-bond donors (Lipinski definition) is 1. The van der Waals surface area contributed by atoms with Crippen molar-refractivity contribution in [3.8, 4) is 10.6 Å². The molecule has 0 spiro atoms. The van der Waals surface area contributed by atoms with Crippen molar-refractivity contribution in [2.45, 2.75) is 19.8 Å². The molecule has 0 unspecified atom stereocenters. The zero-order chi connectivity index (χ0) is 13.0. The zero-order valence-electron chi connectivity index (χ0n) is 10.5. The maximum Gasteiger partial charge on any atom is 0.147 e. The molecule has 0 atom stereocenters. The lowest BCUT2D eigenvalue weighted by molar-refractivity contribution is 0.718. The Labute approximate surface area is 116 Å². The fraction of sp³-hybridized carbons (Fsp3) is 0.385. The van der Waals surface area contributed by atoms with Crippen molar-refractivity contribution in [1.29, 1.82) is 0 Å². The van der Waals surface area contributed by atoms with Crippen molar-refractivity contribution >= 4 is 22.9 Å². The molecule has 1 N–H and O–H groups in total. The summed E-state index contributed by atoms with van der Waals surface area (Å²) in [6.45, 7) is 3.04. The molecule has 2 rings (SSSR count). The Balaban J connectivity index is 2.13. The number of nitrogens with one attached hydrogen (secondary N) is 1. The molecule has 96 valence electrons. The second-order valence-electron chi connectivity index (χ2n) is 4.23. The first-order valence-corrected chi connectivity index (χ1v) is 7.13. The van der Waals surface area contributed by atoms with Gasteiger partial charge in [0.25, 0.3) is 0 Å². The predicted molar refractivity (Wildman–Crippen MR) is 77.3 cm³/mol. The molecule has 1 aromatic carbocycles. The fourth-order valence-electron chi connectivity index (χ4n) is 1.75. The average Bonchev–Trinajstić information content (AvgIpc) is 2.77. The van der Waals surface area contributed by atoms with Gasteiger partial charge in [-0.3, -0.25) is 0 Å². The van der Waals surface area contributed by atoms with Crippen LogP contribution in [0.4, 0.5) is 0 Å². The van der Waals surface area contributed by atoms with Gasteiger partial charge in [0.2, 0.25) is 0 Å². The van der Waals surface area contributed by atoms with Crippen LogP contribution >= 0.6 is 22.9 Å². The molecule has 0 saturated heterocycles. The first kappa shape index (κ1) is 13.5. The van der Waals surface area contributed by atoms with E-state index >= 15 is 0 Å². The summed E-state index contributed by atoms with van der Waals surface area (Å²) in [6.07, 6.45) is 2.05. The molecule has 0 fully saturated rings. The van der Waals surface area contributed by atoms with E-state index in [0.717, 1.165) is 45.6 Å². The van der Waals surface area contributed by atoms with Gasteiger partial charge in [0.1, 0.15) is 10.0 Å². The summed E-state index contributed by atoms with van der Waals surface area (Å²) >= 11 is 7.70. The second kappa shape index (κ2) is 6.27. The van der Waals surface area contributed by atoms with Gasteiger partial charge in [-0.25, -0.2) is 0 Å². The van der Waals surface area contributed by atoms with Crippen molar-refractivity contribution in [2.75, 3.05) is 13.6 Å². The number of aryl methyl sites for hydroxylation is 2. The van der Waals surface area contributed by atoms with Crippen molar-refractivity contribution in [2.24, 2.45) is 0 Å². The fourth-order valence-corrected chi connectivity index (χ4v) is 2.91. The first-order valence-electron chi connectivity index (χ1n) is 5.93. The second-order valence-corrected chi connectivity index (χ2v) is 5.72. The summed E-state index contributed by atoms with van der Waals surface area (Å²) in [5, 5.41) is 14.4. The number of aromatic nitrogens is 2. The SMILES string of the molecule is CNCCCc1nnc(-c2cc(C)cc(Cl)c2)s1. The Morgan fingerprint density at radius 1 is 1.28 bits per heavy atom. The van der Waals surface area contributed by atoms with Crippen LogP contribution in [0.15, 0.2) is 18.2 Å². The van der Waals surface area contributed by atoms with Gasteiger partial charge in [0.05, 0.1) is 0 Å². The highest BCUT2D eigenvalue weighted by Gasteiger charge is 2.07. The lowest BCUT2D eigenvalue weighted by Crippen LogP contribution is -2.08. The number of rotatable bonds is 5. The maximum atomic E-state index is 6.06. The van der Waals surface area contributed by atoms with Gasteiger partial charge < -0.3 is 5.32 Å². The number of benzene rings is 1. The smallest absolute Gasteiger partial charge is 0.147 e. The predicted octanol–water partition coefficient (Wildman–Crippen LogP) is 3.32. The first-order chi connectivity index (χ1) is 8.69. The standard InChI is InChI=1S/C13H16ClN3S/c1-9-6-10(8-11(14)7-9)13-17-16-12(18-13)4-3-5-15-2/h6-8,15H,3-5H2,1-2H3. The van der Waals surface area contributed by atoms with Crippen LogP contribution in [0.25, 0.3) is 10.6 Å². The molecule has 0 aliphatic heterocycles. The quantitative estimate of drug-likeness (QED) is 0.855. The Bertz CT molecular complexity index is 504. The van der Waals surface area contributed by atoms with Crippen LogP contribution in [0, 0.1) is 6.92 Å². The molecule has 0 amide bonds. The molecule has 18 heavy (non-hydrogen) atoms. The van der Waals surface area contributed by atoms with Gasteiger partial charge >= 0.3 is 0 Å². The topological polar surface area (TPSA) is 37.8 Å². The Hall–Kier alpha value is -0.970. The van der Waals surface area contributed by atoms with Crippen molar-refractivity contribution in [3.05, 3.63) is 33.8 Å². The zero-order valence-corrected chi connectivity index (χ0v) is 12.1. The van der Waals surface area contributed by atoms with E-state index in [9.17, 15) is 0 Å². The highest BCUT2D eigenvalue weighted by atomic mass is 35.5. The van der Waals surface area contributed by atoms with Crippen molar-refractivity contribution in [1.82, 2.24) is 15.5 Å². The van der Waals surface area contributed by atoms with Gasteiger partial charge in [-0.1, -0.05) is 22.9 Å². The van der Waals surface area contributed by atoms with Crippen LogP contribution in [0.1, 0.15) is 17.0 Å². The summed E-state index contributed by atoms with van der Waals surface area (Å²) in [6, 6.07) is 5.97. The van der Waals surface area contributed by atoms with Gasteiger partial charge in [0.15, 0.2) is 0 Å². The third kappa shape index (κ3) is 3.51. The molecule has 0 bridgehead atoms. The molecular weight excluding hydrogens is 266 g/mol. The molecule has 0 aliphatic rings. The number of hydrogen-bond acceptors (Lipinski definition) is 4. The molecular formula is C13H16ClN3S. The average molecular weight is 282 g/mol. The highest BCUT2D eigenvalue weighted by molar-refractivity contribution is 7.14. The number of nitrogens with zero attached hydrogens (tertiary/aromatic N) is 2. The van der Waals surface area contributed by atoms with Crippen LogP contribution in [0.2, 0.25) is 5.02 Å². The third-order valence-corrected chi connectivity index (χ3v) is 3.82. The molecule has 5 heteroatoms. The van der Waals surface area contributed by atoms with E-state index in [1.807, 2.05) is 26.1 Å². The molecule has 1 aromatic heterocycles. The molecule has 0 aliphatic carbocycles. The van der Waals surface area contributed by atoms with E-state index in [1.165, 1.54) is 0 Å². The largest absolute Gasteiger partial charge is 0.320 e. The summed E-state index contributed by atoms with van der Waals surface area (Å²) in [5.74, 6) is 0. The molecule has 0 radical (unpaired) electrons. The molecule has 2 aromatic rings.